The molecule has 0 amide bonds. The number of nitrogens with zero attached hydrogens (tertiary/aromatic N) is 3. The summed E-state index contributed by atoms with van der Waals surface area (Å²) in [5.74, 6) is 0. The molecule has 1 aromatic carbocycles. The lowest BCUT2D eigenvalue weighted by atomic mass is 10.1. The van der Waals surface area contributed by atoms with Gasteiger partial charge in [0.2, 0.25) is 0 Å². The lowest BCUT2D eigenvalue weighted by molar-refractivity contribution is 0.497. The van der Waals surface area contributed by atoms with E-state index in [1.807, 2.05) is 22.9 Å². The average Bonchev–Trinajstić information content (AvgIpc) is 2.73. The van der Waals surface area contributed by atoms with Gasteiger partial charge >= 0.3 is 0 Å². The van der Waals surface area contributed by atoms with Gasteiger partial charge in [0.05, 0.1) is 11.4 Å². The van der Waals surface area contributed by atoms with E-state index < -0.39 is 0 Å². The number of benzene rings is 1. The molecule has 0 fully saturated rings. The quantitative estimate of drug-likeness (QED) is 0.872. The van der Waals surface area contributed by atoms with Crippen molar-refractivity contribution in [3.8, 4) is 0 Å². The smallest absolute Gasteiger partial charge is 0.0998 e. The predicted molar refractivity (Wildman–Crippen MR) is 67.5 cm³/mol. The molecule has 4 nitrogen and oxygen atoms in total. The largest absolute Gasteiger partial charge is 0.325 e. The third-order valence-electron chi connectivity index (χ3n) is 2.77. The Morgan fingerprint density at radius 3 is 2.53 bits per heavy atom. The molecule has 0 aliphatic rings. The van der Waals surface area contributed by atoms with Gasteiger partial charge in [-0.05, 0) is 19.4 Å². The van der Waals surface area contributed by atoms with Crippen LogP contribution < -0.4 is 5.73 Å². The molecule has 1 heterocycles. The molecule has 17 heavy (non-hydrogen) atoms. The van der Waals surface area contributed by atoms with Gasteiger partial charge in [0, 0.05) is 19.0 Å². The van der Waals surface area contributed by atoms with Gasteiger partial charge in [0.1, 0.15) is 0 Å². The second-order valence-corrected chi connectivity index (χ2v) is 4.39. The van der Waals surface area contributed by atoms with Crippen molar-refractivity contribution in [2.45, 2.75) is 32.9 Å². The monoisotopic (exact) mass is 230 g/mol. The van der Waals surface area contributed by atoms with Gasteiger partial charge in [0.15, 0.2) is 0 Å². The number of aromatic nitrogens is 3. The minimum absolute atomic E-state index is 0.307. The molecule has 0 saturated carbocycles. The van der Waals surface area contributed by atoms with Crippen molar-refractivity contribution in [3.05, 3.63) is 47.3 Å². The zero-order valence-corrected chi connectivity index (χ0v) is 10.3. The third kappa shape index (κ3) is 2.53. The summed E-state index contributed by atoms with van der Waals surface area (Å²) in [7, 11) is 0. The number of rotatable bonds is 4. The van der Waals surface area contributed by atoms with Gasteiger partial charge in [-0.1, -0.05) is 35.5 Å². The second kappa shape index (κ2) is 5.10. The summed E-state index contributed by atoms with van der Waals surface area (Å²) in [6.07, 6.45) is 0.832. The van der Waals surface area contributed by atoms with Crippen molar-refractivity contribution in [3.63, 3.8) is 0 Å². The van der Waals surface area contributed by atoms with Crippen LogP contribution in [-0.4, -0.2) is 15.0 Å². The number of hydrogen-bond donors (Lipinski definition) is 1. The van der Waals surface area contributed by atoms with Gasteiger partial charge < -0.3 is 5.73 Å². The van der Waals surface area contributed by atoms with Crippen LogP contribution in [0.1, 0.15) is 36.8 Å². The lowest BCUT2D eigenvalue weighted by Gasteiger charge is -2.10. The average molecular weight is 230 g/mol. The van der Waals surface area contributed by atoms with Crippen molar-refractivity contribution < 1.29 is 0 Å². The Hall–Kier alpha value is -1.68. The Balaban J connectivity index is 2.33. The van der Waals surface area contributed by atoms with Gasteiger partial charge in [-0.15, -0.1) is 5.10 Å². The highest BCUT2D eigenvalue weighted by Crippen LogP contribution is 2.15. The summed E-state index contributed by atoms with van der Waals surface area (Å²) in [6.45, 7) is 4.64. The Morgan fingerprint density at radius 1 is 1.24 bits per heavy atom. The molecule has 2 N–H and O–H groups in total. The van der Waals surface area contributed by atoms with E-state index in [0.29, 0.717) is 12.6 Å². The molecule has 0 atom stereocenters. The van der Waals surface area contributed by atoms with E-state index in [0.717, 1.165) is 17.8 Å². The molecular weight excluding hydrogens is 212 g/mol. The van der Waals surface area contributed by atoms with E-state index in [9.17, 15) is 0 Å². The zero-order valence-electron chi connectivity index (χ0n) is 10.3. The molecule has 2 aromatic rings. The molecule has 2 rings (SSSR count). The van der Waals surface area contributed by atoms with E-state index in [2.05, 4.69) is 36.3 Å². The number of hydrogen-bond acceptors (Lipinski definition) is 3. The standard InChI is InChI=1S/C13H18N4/c1-10(2)17-13(12(9-14)15-16-17)8-11-6-4-3-5-7-11/h3-7,10H,8-9,14H2,1-2H3. The van der Waals surface area contributed by atoms with Gasteiger partial charge in [-0.25, -0.2) is 4.68 Å². The van der Waals surface area contributed by atoms with E-state index >= 15 is 0 Å². The third-order valence-corrected chi connectivity index (χ3v) is 2.77. The molecule has 0 aliphatic heterocycles. The summed E-state index contributed by atoms with van der Waals surface area (Å²) in [6, 6.07) is 10.6. The second-order valence-electron chi connectivity index (χ2n) is 4.39. The van der Waals surface area contributed by atoms with Crippen molar-refractivity contribution in [2.75, 3.05) is 0 Å². The first-order valence-corrected chi connectivity index (χ1v) is 5.89. The molecule has 0 spiro atoms. The lowest BCUT2D eigenvalue weighted by Crippen LogP contribution is -2.10. The first kappa shape index (κ1) is 11.8. The maximum Gasteiger partial charge on any atom is 0.0998 e. The molecule has 4 heteroatoms. The van der Waals surface area contributed by atoms with Crippen molar-refractivity contribution in [1.82, 2.24) is 15.0 Å². The van der Waals surface area contributed by atoms with Crippen LogP contribution in [0.3, 0.4) is 0 Å². The summed E-state index contributed by atoms with van der Waals surface area (Å²) in [4.78, 5) is 0. The zero-order chi connectivity index (χ0) is 12.3. The van der Waals surface area contributed by atoms with Gasteiger partial charge in [-0.3, -0.25) is 0 Å². The van der Waals surface area contributed by atoms with Crippen LogP contribution in [0.25, 0.3) is 0 Å². The SMILES string of the molecule is CC(C)n1nnc(CN)c1Cc1ccccc1. The van der Waals surface area contributed by atoms with Crippen LogP contribution in [0, 0.1) is 0 Å². The van der Waals surface area contributed by atoms with Crippen LogP contribution in [-0.2, 0) is 13.0 Å². The van der Waals surface area contributed by atoms with Crippen LogP contribution in [0.5, 0.6) is 0 Å². The Bertz CT molecular complexity index is 473. The minimum Gasteiger partial charge on any atom is -0.325 e. The van der Waals surface area contributed by atoms with E-state index in [-0.39, 0.29) is 0 Å². The Labute approximate surface area is 101 Å². The molecule has 1 aromatic heterocycles. The predicted octanol–water partition coefficient (Wildman–Crippen LogP) is 1.91. The van der Waals surface area contributed by atoms with Crippen molar-refractivity contribution >= 4 is 0 Å². The van der Waals surface area contributed by atoms with Crippen LogP contribution >= 0.6 is 0 Å². The van der Waals surface area contributed by atoms with Crippen LogP contribution in [0.2, 0.25) is 0 Å². The first-order chi connectivity index (χ1) is 8.22. The minimum atomic E-state index is 0.307. The Kier molecular flexibility index (Phi) is 3.54. The van der Waals surface area contributed by atoms with E-state index in [1.165, 1.54) is 5.56 Å². The van der Waals surface area contributed by atoms with Gasteiger partial charge in [-0.2, -0.15) is 0 Å². The van der Waals surface area contributed by atoms with E-state index in [4.69, 9.17) is 5.73 Å². The van der Waals surface area contributed by atoms with Crippen LogP contribution in [0.15, 0.2) is 30.3 Å². The van der Waals surface area contributed by atoms with Gasteiger partial charge in [0.25, 0.3) is 0 Å². The summed E-state index contributed by atoms with van der Waals surface area (Å²) in [5.41, 5.74) is 8.97. The fraction of sp³-hybridized carbons (Fsp3) is 0.385. The van der Waals surface area contributed by atoms with E-state index in [1.54, 1.807) is 0 Å². The van der Waals surface area contributed by atoms with Crippen LogP contribution in [0.4, 0.5) is 0 Å². The highest BCUT2D eigenvalue weighted by molar-refractivity contribution is 5.24. The molecular formula is C13H18N4. The first-order valence-electron chi connectivity index (χ1n) is 5.89. The summed E-state index contributed by atoms with van der Waals surface area (Å²) >= 11 is 0. The molecule has 0 unspecified atom stereocenters. The highest BCUT2D eigenvalue weighted by Gasteiger charge is 2.13. The maximum atomic E-state index is 5.70. The normalized spacial score (nSPS) is 11.1. The highest BCUT2D eigenvalue weighted by atomic mass is 15.4. The fourth-order valence-corrected chi connectivity index (χ4v) is 1.89. The Morgan fingerprint density at radius 2 is 1.94 bits per heavy atom. The fourth-order valence-electron chi connectivity index (χ4n) is 1.89. The maximum absolute atomic E-state index is 5.70. The van der Waals surface area contributed by atoms with Crippen molar-refractivity contribution in [2.24, 2.45) is 5.73 Å². The molecule has 0 bridgehead atoms. The summed E-state index contributed by atoms with van der Waals surface area (Å²) in [5, 5.41) is 8.31. The molecule has 0 aliphatic carbocycles. The molecule has 0 radical (unpaired) electrons. The summed E-state index contributed by atoms with van der Waals surface area (Å²) < 4.78 is 1.95. The molecule has 0 saturated heterocycles. The number of nitrogens with two attached hydrogens (primary N) is 1. The molecule has 90 valence electrons. The van der Waals surface area contributed by atoms with Crippen molar-refractivity contribution in [1.29, 1.82) is 0 Å². The topological polar surface area (TPSA) is 56.7 Å².